The number of piperidine rings is 1. The molecule has 142 valence electrons. The summed E-state index contributed by atoms with van der Waals surface area (Å²) >= 11 is 0. The highest BCUT2D eigenvalue weighted by Gasteiger charge is 2.29. The third-order valence-electron chi connectivity index (χ3n) is 5.14. The molecule has 0 spiro atoms. The van der Waals surface area contributed by atoms with Gasteiger partial charge in [-0.05, 0) is 25.8 Å². The van der Waals surface area contributed by atoms with Crippen molar-refractivity contribution in [2.45, 2.75) is 38.8 Å². The Morgan fingerprint density at radius 2 is 2.15 bits per heavy atom. The fourth-order valence-corrected chi connectivity index (χ4v) is 3.61. The van der Waals surface area contributed by atoms with E-state index in [4.69, 9.17) is 0 Å². The van der Waals surface area contributed by atoms with Crippen molar-refractivity contribution in [3.05, 3.63) is 48.1 Å². The van der Waals surface area contributed by atoms with E-state index >= 15 is 0 Å². The molecule has 1 saturated heterocycles. The molecule has 0 aliphatic carbocycles. The molecule has 0 radical (unpaired) electrons. The number of carbonyl (C=O) groups excluding carboxylic acids is 1. The predicted octanol–water partition coefficient (Wildman–Crippen LogP) is 1.30. The van der Waals surface area contributed by atoms with Crippen molar-refractivity contribution in [3.8, 4) is 0 Å². The van der Waals surface area contributed by atoms with E-state index < -0.39 is 0 Å². The second kappa shape index (κ2) is 7.34. The Morgan fingerprint density at radius 1 is 1.26 bits per heavy atom. The van der Waals surface area contributed by atoms with Gasteiger partial charge in [-0.2, -0.15) is 10.2 Å². The summed E-state index contributed by atoms with van der Waals surface area (Å²) in [4.78, 5) is 14.7. The van der Waals surface area contributed by atoms with E-state index in [0.717, 1.165) is 37.6 Å². The van der Waals surface area contributed by atoms with Gasteiger partial charge < -0.3 is 9.47 Å². The Bertz CT molecular complexity index is 910. The minimum atomic E-state index is 0.0401. The van der Waals surface area contributed by atoms with Gasteiger partial charge in [0, 0.05) is 51.2 Å². The van der Waals surface area contributed by atoms with Gasteiger partial charge in [-0.3, -0.25) is 14.2 Å². The molecule has 1 amide bonds. The summed E-state index contributed by atoms with van der Waals surface area (Å²) in [6, 6.07) is 1.89. The molecule has 3 aromatic rings. The second-order valence-corrected chi connectivity index (χ2v) is 6.91. The molecule has 1 aliphatic heterocycles. The van der Waals surface area contributed by atoms with Crippen LogP contribution in [0.4, 0.5) is 0 Å². The van der Waals surface area contributed by atoms with Gasteiger partial charge in [0.25, 0.3) is 5.91 Å². The molecule has 1 fully saturated rings. The molecule has 3 aromatic heterocycles. The van der Waals surface area contributed by atoms with Gasteiger partial charge in [-0.1, -0.05) is 0 Å². The minimum Gasteiger partial charge on any atom is -0.338 e. The zero-order valence-corrected chi connectivity index (χ0v) is 15.7. The van der Waals surface area contributed by atoms with Gasteiger partial charge in [0.15, 0.2) is 5.82 Å². The zero-order valence-electron chi connectivity index (χ0n) is 15.7. The first kappa shape index (κ1) is 17.4. The number of amides is 1. The summed E-state index contributed by atoms with van der Waals surface area (Å²) in [7, 11) is 1.99. The third kappa shape index (κ3) is 3.49. The summed E-state index contributed by atoms with van der Waals surface area (Å²) in [6.07, 6.45) is 9.09. The van der Waals surface area contributed by atoms with Crippen LogP contribution in [0.5, 0.6) is 0 Å². The number of aryl methyl sites for hydroxylation is 1. The lowest BCUT2D eigenvalue weighted by molar-refractivity contribution is 0.0703. The van der Waals surface area contributed by atoms with E-state index in [1.165, 1.54) is 0 Å². The van der Waals surface area contributed by atoms with Gasteiger partial charge in [0.2, 0.25) is 0 Å². The van der Waals surface area contributed by atoms with Crippen LogP contribution in [0.15, 0.2) is 30.9 Å². The van der Waals surface area contributed by atoms with Crippen molar-refractivity contribution in [1.29, 1.82) is 0 Å². The van der Waals surface area contributed by atoms with Gasteiger partial charge in [-0.15, -0.1) is 10.2 Å². The number of nitrogens with zero attached hydrogens (tertiary/aromatic N) is 8. The van der Waals surface area contributed by atoms with Crippen molar-refractivity contribution >= 4 is 5.91 Å². The smallest absolute Gasteiger partial charge is 0.257 e. The first-order valence-electron chi connectivity index (χ1n) is 9.33. The van der Waals surface area contributed by atoms with Crippen molar-refractivity contribution in [1.82, 2.24) is 39.2 Å². The SMILES string of the molecule is CCn1cc(C(=O)N2CCC[C@@H](c3nnc(Cn4cccn4)n3C)C2)cn1. The molecule has 0 N–H and O–H groups in total. The van der Waals surface area contributed by atoms with E-state index in [2.05, 4.69) is 20.4 Å². The molecule has 0 aromatic carbocycles. The van der Waals surface area contributed by atoms with E-state index in [0.29, 0.717) is 18.7 Å². The molecule has 9 heteroatoms. The first-order valence-corrected chi connectivity index (χ1v) is 9.33. The van der Waals surface area contributed by atoms with Crippen molar-refractivity contribution in [2.24, 2.45) is 7.05 Å². The minimum absolute atomic E-state index is 0.0401. The Hall–Kier alpha value is -2.97. The van der Waals surface area contributed by atoms with E-state index in [-0.39, 0.29) is 11.8 Å². The number of likely N-dealkylation sites (tertiary alicyclic amines) is 1. The second-order valence-electron chi connectivity index (χ2n) is 6.91. The molecule has 1 atom stereocenters. The molecular weight excluding hydrogens is 344 g/mol. The van der Waals surface area contributed by atoms with Crippen LogP contribution in [0.1, 0.15) is 47.7 Å². The Labute approximate surface area is 157 Å². The molecule has 4 rings (SSSR count). The number of carbonyl (C=O) groups is 1. The maximum atomic E-state index is 12.8. The first-order chi connectivity index (χ1) is 13.2. The number of hydrogen-bond acceptors (Lipinski definition) is 5. The molecule has 0 bridgehead atoms. The molecule has 4 heterocycles. The summed E-state index contributed by atoms with van der Waals surface area (Å²) in [5, 5.41) is 17.2. The standard InChI is InChI=1S/C18H24N8O/c1-3-25-12-15(10-20-25)18(27)24-8-4-6-14(11-24)17-22-21-16(23(17)2)13-26-9-5-7-19-26/h5,7,9-10,12,14H,3-4,6,8,11,13H2,1-2H3/t14-/m1/s1. The van der Waals surface area contributed by atoms with Crippen molar-refractivity contribution in [2.75, 3.05) is 13.1 Å². The van der Waals surface area contributed by atoms with Crippen LogP contribution in [0.25, 0.3) is 0 Å². The lowest BCUT2D eigenvalue weighted by Gasteiger charge is -2.32. The lowest BCUT2D eigenvalue weighted by atomic mass is 9.96. The monoisotopic (exact) mass is 368 g/mol. The van der Waals surface area contributed by atoms with E-state index in [9.17, 15) is 4.79 Å². The van der Waals surface area contributed by atoms with Crippen LogP contribution in [-0.2, 0) is 20.1 Å². The van der Waals surface area contributed by atoms with Crippen molar-refractivity contribution < 1.29 is 4.79 Å². The predicted molar refractivity (Wildman–Crippen MR) is 98.1 cm³/mol. The van der Waals surface area contributed by atoms with Crippen LogP contribution in [0, 0.1) is 0 Å². The Kier molecular flexibility index (Phi) is 4.74. The van der Waals surface area contributed by atoms with Gasteiger partial charge >= 0.3 is 0 Å². The molecule has 1 aliphatic rings. The molecule has 0 saturated carbocycles. The van der Waals surface area contributed by atoms with Gasteiger partial charge in [0.05, 0.1) is 11.8 Å². The van der Waals surface area contributed by atoms with E-state index in [1.54, 1.807) is 17.1 Å². The van der Waals surface area contributed by atoms with Crippen LogP contribution in [0.3, 0.4) is 0 Å². The maximum Gasteiger partial charge on any atom is 0.257 e. The van der Waals surface area contributed by atoms with Crippen LogP contribution in [0.2, 0.25) is 0 Å². The number of aromatic nitrogens is 7. The van der Waals surface area contributed by atoms with Crippen LogP contribution < -0.4 is 0 Å². The molecular formula is C18H24N8O. The fraction of sp³-hybridized carbons (Fsp3) is 0.500. The summed E-state index contributed by atoms with van der Waals surface area (Å²) in [5.74, 6) is 2.02. The molecule has 27 heavy (non-hydrogen) atoms. The normalized spacial score (nSPS) is 17.4. The summed E-state index contributed by atoms with van der Waals surface area (Å²) in [5.41, 5.74) is 0.648. The molecule has 0 unspecified atom stereocenters. The average molecular weight is 368 g/mol. The van der Waals surface area contributed by atoms with E-state index in [1.807, 2.05) is 46.6 Å². The van der Waals surface area contributed by atoms with Crippen molar-refractivity contribution in [3.63, 3.8) is 0 Å². The third-order valence-corrected chi connectivity index (χ3v) is 5.14. The highest BCUT2D eigenvalue weighted by atomic mass is 16.2. The summed E-state index contributed by atoms with van der Waals surface area (Å²) < 4.78 is 5.64. The quantitative estimate of drug-likeness (QED) is 0.677. The van der Waals surface area contributed by atoms with Gasteiger partial charge in [0.1, 0.15) is 12.4 Å². The number of hydrogen-bond donors (Lipinski definition) is 0. The number of rotatable bonds is 5. The lowest BCUT2D eigenvalue weighted by Crippen LogP contribution is -2.39. The Morgan fingerprint density at radius 3 is 2.89 bits per heavy atom. The van der Waals surface area contributed by atoms with Gasteiger partial charge in [-0.25, -0.2) is 0 Å². The largest absolute Gasteiger partial charge is 0.338 e. The summed E-state index contributed by atoms with van der Waals surface area (Å²) in [6.45, 7) is 4.78. The highest BCUT2D eigenvalue weighted by Crippen LogP contribution is 2.26. The van der Waals surface area contributed by atoms with Crippen LogP contribution >= 0.6 is 0 Å². The maximum absolute atomic E-state index is 12.8. The average Bonchev–Trinajstić information content (AvgIpc) is 3.44. The zero-order chi connectivity index (χ0) is 18.8. The Balaban J connectivity index is 1.48. The van der Waals surface area contributed by atoms with Crippen LogP contribution in [-0.4, -0.2) is 58.2 Å². The fourth-order valence-electron chi connectivity index (χ4n) is 3.61. The molecule has 9 nitrogen and oxygen atoms in total. The highest BCUT2D eigenvalue weighted by molar-refractivity contribution is 5.93. The topological polar surface area (TPSA) is 86.7 Å².